The number of halogens is 1. The minimum Gasteiger partial charge on any atom is -0.497 e. The molecule has 0 aliphatic carbocycles. The molecule has 1 atom stereocenters. The van der Waals surface area contributed by atoms with Crippen LogP contribution in [0.25, 0.3) is 11.0 Å². The summed E-state index contributed by atoms with van der Waals surface area (Å²) in [5, 5.41) is 6.34. The molecule has 3 aromatic rings. The van der Waals surface area contributed by atoms with Crippen molar-refractivity contribution in [2.75, 3.05) is 7.11 Å². The third-order valence-electron chi connectivity index (χ3n) is 3.88. The van der Waals surface area contributed by atoms with E-state index in [2.05, 4.69) is 10.3 Å². The zero-order valence-electron chi connectivity index (χ0n) is 14.2. The minimum absolute atomic E-state index is 0. The number of hydrogen-bond acceptors (Lipinski definition) is 6. The Kier molecular flexibility index (Phi) is 6.05. The predicted molar refractivity (Wildman–Crippen MR) is 101 cm³/mol. The van der Waals surface area contributed by atoms with Crippen LogP contribution in [-0.4, -0.2) is 18.0 Å². The highest BCUT2D eigenvalue weighted by Crippen LogP contribution is 2.32. The average molecular weight is 382 g/mol. The fraction of sp³-hybridized carbons (Fsp3) is 0.294. The third-order valence-corrected chi connectivity index (χ3v) is 4.75. The monoisotopic (exact) mass is 381 g/mol. The molecule has 134 valence electrons. The molecule has 0 radical (unpaired) electrons. The Morgan fingerprint density at radius 2 is 2.24 bits per heavy atom. The molecule has 1 aromatic carbocycles. The molecule has 8 heteroatoms. The van der Waals surface area contributed by atoms with Crippen molar-refractivity contribution >= 4 is 40.6 Å². The topological polar surface area (TPSA) is 90.4 Å². The number of aryl methyl sites for hydroxylation is 1. The van der Waals surface area contributed by atoms with E-state index >= 15 is 0 Å². The molecule has 0 saturated carbocycles. The number of rotatable bonds is 5. The molecule has 1 unspecified atom stereocenters. The summed E-state index contributed by atoms with van der Waals surface area (Å²) in [5.41, 5.74) is 7.66. The van der Waals surface area contributed by atoms with Crippen molar-refractivity contribution in [2.45, 2.75) is 26.4 Å². The molecule has 3 N–H and O–H groups in total. The fourth-order valence-electron chi connectivity index (χ4n) is 2.60. The number of thiazole rings is 1. The quantitative estimate of drug-likeness (QED) is 0.704. The van der Waals surface area contributed by atoms with Crippen molar-refractivity contribution in [3.8, 4) is 5.75 Å². The Morgan fingerprint density at radius 3 is 2.88 bits per heavy atom. The number of nitrogens with two attached hydrogens (primary N) is 1. The third kappa shape index (κ3) is 3.78. The molecule has 6 nitrogen and oxygen atoms in total. The van der Waals surface area contributed by atoms with E-state index in [1.807, 2.05) is 32.0 Å². The zero-order chi connectivity index (χ0) is 17.3. The molecule has 2 aromatic heterocycles. The van der Waals surface area contributed by atoms with Crippen molar-refractivity contribution < 1.29 is 13.9 Å². The number of benzene rings is 1. The van der Waals surface area contributed by atoms with E-state index in [-0.39, 0.29) is 24.4 Å². The smallest absolute Gasteiger partial charge is 0.271 e. The predicted octanol–water partition coefficient (Wildman–Crippen LogP) is 3.58. The van der Waals surface area contributed by atoms with Crippen LogP contribution in [0.4, 0.5) is 0 Å². The maximum Gasteiger partial charge on any atom is 0.271 e. The molecule has 3 rings (SSSR count). The van der Waals surface area contributed by atoms with E-state index in [0.29, 0.717) is 12.2 Å². The summed E-state index contributed by atoms with van der Waals surface area (Å²) in [6, 6.07) is 5.37. The van der Waals surface area contributed by atoms with Gasteiger partial charge in [-0.3, -0.25) is 4.79 Å². The van der Waals surface area contributed by atoms with Crippen molar-refractivity contribution in [2.24, 2.45) is 5.73 Å². The summed E-state index contributed by atoms with van der Waals surface area (Å²) in [5.74, 6) is 1.25. The first-order chi connectivity index (χ1) is 11.5. The highest BCUT2D eigenvalue weighted by Gasteiger charge is 2.20. The van der Waals surface area contributed by atoms with Gasteiger partial charge in [-0.25, -0.2) is 4.98 Å². The zero-order valence-corrected chi connectivity index (χ0v) is 15.8. The number of aromatic nitrogens is 1. The van der Waals surface area contributed by atoms with Gasteiger partial charge in [0.1, 0.15) is 27.8 Å². The highest BCUT2D eigenvalue weighted by atomic mass is 35.5. The van der Waals surface area contributed by atoms with E-state index < -0.39 is 0 Å². The average Bonchev–Trinajstić information content (AvgIpc) is 3.19. The van der Waals surface area contributed by atoms with Crippen molar-refractivity contribution in [3.63, 3.8) is 0 Å². The normalized spacial score (nSPS) is 11.8. The Balaban J connectivity index is 0.00000225. The maximum atomic E-state index is 12.3. The fourth-order valence-corrected chi connectivity index (χ4v) is 3.26. The summed E-state index contributed by atoms with van der Waals surface area (Å²) in [7, 11) is 1.63. The number of carbonyl (C=O) groups is 1. The number of furan rings is 1. The molecule has 1 amide bonds. The number of methoxy groups -OCH3 is 1. The Hall–Kier alpha value is -2.09. The minimum atomic E-state index is -0.279. The lowest BCUT2D eigenvalue weighted by Gasteiger charge is -2.11. The van der Waals surface area contributed by atoms with E-state index in [1.54, 1.807) is 12.5 Å². The van der Waals surface area contributed by atoms with Crippen LogP contribution in [0, 0.1) is 6.92 Å². The number of nitrogens with one attached hydrogen (secondary N) is 1. The van der Waals surface area contributed by atoms with E-state index in [9.17, 15) is 4.79 Å². The van der Waals surface area contributed by atoms with Crippen LogP contribution in [0.3, 0.4) is 0 Å². The van der Waals surface area contributed by atoms with Crippen LogP contribution in [0.5, 0.6) is 5.75 Å². The van der Waals surface area contributed by atoms with Crippen molar-refractivity contribution in [3.05, 3.63) is 45.6 Å². The SMILES string of the molecule is COc1ccc2oc(C(C)NC(=O)c3csc(CN)n3)c(C)c2c1.Cl. The number of hydrogen-bond donors (Lipinski definition) is 2. The molecular formula is C17H20ClN3O3S. The Labute approximate surface area is 155 Å². The first-order valence-electron chi connectivity index (χ1n) is 7.55. The Bertz CT molecular complexity index is 891. The first kappa shape index (κ1) is 19.2. The first-order valence-corrected chi connectivity index (χ1v) is 8.43. The second-order valence-corrected chi connectivity index (χ2v) is 6.42. The largest absolute Gasteiger partial charge is 0.497 e. The van der Waals surface area contributed by atoms with Gasteiger partial charge in [-0.1, -0.05) is 0 Å². The maximum absolute atomic E-state index is 12.3. The van der Waals surface area contributed by atoms with Gasteiger partial charge in [0.15, 0.2) is 0 Å². The van der Waals surface area contributed by atoms with E-state index in [0.717, 1.165) is 33.1 Å². The van der Waals surface area contributed by atoms with Crippen LogP contribution < -0.4 is 15.8 Å². The van der Waals surface area contributed by atoms with Gasteiger partial charge in [-0.15, -0.1) is 23.7 Å². The summed E-state index contributed by atoms with van der Waals surface area (Å²) in [4.78, 5) is 16.5. The molecular weight excluding hydrogens is 362 g/mol. The molecule has 0 bridgehead atoms. The number of nitrogens with zero attached hydrogens (tertiary/aromatic N) is 1. The van der Waals surface area contributed by atoms with Gasteiger partial charge in [0.05, 0.1) is 13.2 Å². The van der Waals surface area contributed by atoms with Gasteiger partial charge >= 0.3 is 0 Å². The van der Waals surface area contributed by atoms with Crippen LogP contribution in [0.15, 0.2) is 28.0 Å². The Morgan fingerprint density at radius 1 is 1.48 bits per heavy atom. The summed E-state index contributed by atoms with van der Waals surface area (Å²) in [6.45, 7) is 4.19. The molecule has 0 saturated heterocycles. The molecule has 0 spiro atoms. The summed E-state index contributed by atoms with van der Waals surface area (Å²) in [6.07, 6.45) is 0. The lowest BCUT2D eigenvalue weighted by molar-refractivity contribution is 0.0931. The second-order valence-electron chi connectivity index (χ2n) is 5.48. The lowest BCUT2D eigenvalue weighted by atomic mass is 10.1. The molecule has 0 fully saturated rings. The summed E-state index contributed by atoms with van der Waals surface area (Å²) >= 11 is 1.38. The standard InChI is InChI=1S/C17H19N3O3S.ClH/c1-9-12-6-11(22-3)4-5-14(12)23-16(9)10(2)19-17(21)13-8-24-15(7-18)20-13;/h4-6,8,10H,7,18H2,1-3H3,(H,19,21);1H. The molecule has 25 heavy (non-hydrogen) atoms. The van der Waals surface area contributed by atoms with E-state index in [1.165, 1.54) is 11.3 Å². The molecule has 0 aliphatic heterocycles. The van der Waals surface area contributed by atoms with E-state index in [4.69, 9.17) is 14.9 Å². The second kappa shape index (κ2) is 7.86. The summed E-state index contributed by atoms with van der Waals surface area (Å²) < 4.78 is 11.2. The van der Waals surface area contributed by atoms with Gasteiger partial charge in [-0.05, 0) is 32.0 Å². The van der Waals surface area contributed by atoms with Crippen LogP contribution in [-0.2, 0) is 6.54 Å². The molecule has 2 heterocycles. The van der Waals surface area contributed by atoms with Crippen LogP contribution in [0.2, 0.25) is 0 Å². The van der Waals surface area contributed by atoms with Gasteiger partial charge in [0.2, 0.25) is 0 Å². The number of fused-ring (bicyclic) bond motifs is 1. The van der Waals surface area contributed by atoms with Crippen LogP contribution in [0.1, 0.15) is 39.8 Å². The van der Waals surface area contributed by atoms with Gasteiger partial charge in [0.25, 0.3) is 5.91 Å². The number of ether oxygens (including phenoxy) is 1. The number of amides is 1. The van der Waals surface area contributed by atoms with Crippen molar-refractivity contribution in [1.29, 1.82) is 0 Å². The lowest BCUT2D eigenvalue weighted by Crippen LogP contribution is -2.27. The van der Waals surface area contributed by atoms with Gasteiger partial charge < -0.3 is 20.2 Å². The van der Waals surface area contributed by atoms with Gasteiger partial charge in [-0.2, -0.15) is 0 Å². The number of carbonyl (C=O) groups excluding carboxylic acids is 1. The highest BCUT2D eigenvalue weighted by molar-refractivity contribution is 7.09. The molecule has 0 aliphatic rings. The van der Waals surface area contributed by atoms with Gasteiger partial charge in [0, 0.05) is 22.9 Å². The van der Waals surface area contributed by atoms with Crippen LogP contribution >= 0.6 is 23.7 Å². The van der Waals surface area contributed by atoms with Crippen molar-refractivity contribution in [1.82, 2.24) is 10.3 Å².